The van der Waals surface area contributed by atoms with Gasteiger partial charge in [-0.3, -0.25) is 14.2 Å². The van der Waals surface area contributed by atoms with E-state index in [1.54, 1.807) is 12.4 Å². The van der Waals surface area contributed by atoms with E-state index in [4.69, 9.17) is 4.98 Å². The van der Waals surface area contributed by atoms with E-state index in [1.165, 1.54) is 6.20 Å². The first-order valence-corrected chi connectivity index (χ1v) is 9.07. The van der Waals surface area contributed by atoms with Gasteiger partial charge in [-0.25, -0.2) is 15.0 Å². The van der Waals surface area contributed by atoms with Crippen LogP contribution in [0.2, 0.25) is 0 Å². The van der Waals surface area contributed by atoms with Gasteiger partial charge in [0.05, 0.1) is 29.6 Å². The van der Waals surface area contributed by atoms with Crippen LogP contribution in [0.25, 0.3) is 16.7 Å². The number of nitrogens with zero attached hydrogens (tertiary/aromatic N) is 6. The molecule has 1 aliphatic rings. The van der Waals surface area contributed by atoms with Crippen LogP contribution < -0.4 is 0 Å². The monoisotopic (exact) mass is 361 g/mol. The Morgan fingerprint density at radius 3 is 2.93 bits per heavy atom. The summed E-state index contributed by atoms with van der Waals surface area (Å²) in [7, 11) is 0. The Morgan fingerprint density at radius 2 is 2.07 bits per heavy atom. The third-order valence-electron chi connectivity index (χ3n) is 5.45. The van der Waals surface area contributed by atoms with Gasteiger partial charge in [0.25, 0.3) is 5.91 Å². The Hall–Kier alpha value is -3.29. The molecule has 4 aromatic heterocycles. The molecule has 0 aromatic carbocycles. The Morgan fingerprint density at radius 1 is 1.19 bits per heavy atom. The molecule has 1 N–H and O–H groups in total. The molecule has 5 rings (SSSR count). The smallest absolute Gasteiger partial charge is 0.274 e. The fourth-order valence-corrected chi connectivity index (χ4v) is 3.92. The van der Waals surface area contributed by atoms with Gasteiger partial charge in [0.2, 0.25) is 0 Å². The van der Waals surface area contributed by atoms with Crippen LogP contribution in [0, 0.1) is 5.92 Å². The van der Waals surface area contributed by atoms with Crippen LogP contribution >= 0.6 is 0 Å². The highest BCUT2D eigenvalue weighted by Gasteiger charge is 2.33. The highest BCUT2D eigenvalue weighted by molar-refractivity contribution is 5.92. The molecule has 0 bridgehead atoms. The molecule has 2 atom stereocenters. The zero-order valence-electron chi connectivity index (χ0n) is 14.9. The molecule has 5 heterocycles. The minimum Gasteiger partial charge on any atom is -0.345 e. The molecule has 8 nitrogen and oxygen atoms in total. The number of aromatic nitrogens is 6. The lowest BCUT2D eigenvalue weighted by Gasteiger charge is -2.36. The van der Waals surface area contributed by atoms with Crippen molar-refractivity contribution < 1.29 is 4.79 Å². The lowest BCUT2D eigenvalue weighted by atomic mass is 9.86. The molecule has 0 saturated carbocycles. The molecule has 1 amide bonds. The van der Waals surface area contributed by atoms with Gasteiger partial charge in [-0.05, 0) is 18.4 Å². The largest absolute Gasteiger partial charge is 0.345 e. The van der Waals surface area contributed by atoms with Gasteiger partial charge in [-0.2, -0.15) is 0 Å². The topological polar surface area (TPSA) is 92.1 Å². The number of imidazole rings is 1. The lowest BCUT2D eigenvalue weighted by molar-refractivity contribution is 0.0658. The summed E-state index contributed by atoms with van der Waals surface area (Å²) in [5.41, 5.74) is 3.18. The lowest BCUT2D eigenvalue weighted by Crippen LogP contribution is -2.43. The quantitative estimate of drug-likeness (QED) is 0.591. The number of carbonyl (C=O) groups is 1. The molecule has 0 aliphatic carbocycles. The summed E-state index contributed by atoms with van der Waals surface area (Å²) in [4.78, 5) is 35.2. The van der Waals surface area contributed by atoms with E-state index in [2.05, 4.69) is 31.3 Å². The summed E-state index contributed by atoms with van der Waals surface area (Å²) in [5.74, 6) is 1.46. The van der Waals surface area contributed by atoms with Crippen LogP contribution in [-0.2, 0) is 0 Å². The van der Waals surface area contributed by atoms with Crippen LogP contribution in [0.5, 0.6) is 0 Å². The molecule has 0 spiro atoms. The zero-order valence-corrected chi connectivity index (χ0v) is 14.9. The molecule has 0 radical (unpaired) electrons. The van der Waals surface area contributed by atoms with Crippen LogP contribution in [0.4, 0.5) is 0 Å². The molecular formula is C19H19N7O. The molecule has 136 valence electrons. The SMILES string of the molecule is C[C@@H]1CCN(C(=O)c2cnccn2)C[C@@H]1c1ncc2cnc3[nH]ccc3n12. The second-order valence-electron chi connectivity index (χ2n) is 7.06. The molecule has 1 aliphatic heterocycles. The van der Waals surface area contributed by atoms with Crippen molar-refractivity contribution in [2.24, 2.45) is 5.92 Å². The number of nitrogens with one attached hydrogen (secondary N) is 1. The van der Waals surface area contributed by atoms with Crippen molar-refractivity contribution >= 4 is 22.6 Å². The fourth-order valence-electron chi connectivity index (χ4n) is 3.92. The van der Waals surface area contributed by atoms with Crippen LogP contribution in [0.15, 0.2) is 43.2 Å². The first-order valence-electron chi connectivity index (χ1n) is 9.07. The van der Waals surface area contributed by atoms with Gasteiger partial charge in [0.1, 0.15) is 11.5 Å². The third kappa shape index (κ3) is 2.56. The van der Waals surface area contributed by atoms with Crippen molar-refractivity contribution in [3.8, 4) is 0 Å². The highest BCUT2D eigenvalue weighted by atomic mass is 16.2. The van der Waals surface area contributed by atoms with Gasteiger partial charge in [0.15, 0.2) is 5.65 Å². The molecule has 8 heteroatoms. The Bertz CT molecular complexity index is 1120. The van der Waals surface area contributed by atoms with E-state index >= 15 is 0 Å². The summed E-state index contributed by atoms with van der Waals surface area (Å²) in [6.07, 6.45) is 11.1. The van der Waals surface area contributed by atoms with Crippen molar-refractivity contribution in [3.05, 3.63) is 54.8 Å². The number of carbonyl (C=O) groups excluding carboxylic acids is 1. The maximum Gasteiger partial charge on any atom is 0.274 e. The van der Waals surface area contributed by atoms with Crippen molar-refractivity contribution in [2.75, 3.05) is 13.1 Å². The minimum atomic E-state index is -0.0747. The first-order chi connectivity index (χ1) is 13.2. The van der Waals surface area contributed by atoms with E-state index in [9.17, 15) is 4.79 Å². The Balaban J connectivity index is 1.53. The summed E-state index contributed by atoms with van der Waals surface area (Å²) in [5, 5.41) is 0. The van der Waals surface area contributed by atoms with Crippen molar-refractivity contribution in [2.45, 2.75) is 19.3 Å². The van der Waals surface area contributed by atoms with Crippen LogP contribution in [0.3, 0.4) is 0 Å². The maximum absolute atomic E-state index is 12.8. The van der Waals surface area contributed by atoms with Gasteiger partial charge >= 0.3 is 0 Å². The van der Waals surface area contributed by atoms with E-state index in [1.807, 2.05) is 29.6 Å². The van der Waals surface area contributed by atoms with Gasteiger partial charge in [-0.15, -0.1) is 0 Å². The number of hydrogen-bond donors (Lipinski definition) is 1. The van der Waals surface area contributed by atoms with E-state index in [0.717, 1.165) is 35.5 Å². The van der Waals surface area contributed by atoms with E-state index in [0.29, 0.717) is 18.2 Å². The summed E-state index contributed by atoms with van der Waals surface area (Å²) in [6.45, 7) is 3.56. The summed E-state index contributed by atoms with van der Waals surface area (Å²) in [6, 6.07) is 2.01. The maximum atomic E-state index is 12.8. The van der Waals surface area contributed by atoms with Crippen molar-refractivity contribution in [1.29, 1.82) is 0 Å². The van der Waals surface area contributed by atoms with Crippen LogP contribution in [-0.4, -0.2) is 53.2 Å². The minimum absolute atomic E-state index is 0.0747. The number of fused-ring (bicyclic) bond motifs is 3. The molecule has 1 saturated heterocycles. The highest BCUT2D eigenvalue weighted by Crippen LogP contribution is 2.33. The molecule has 27 heavy (non-hydrogen) atoms. The van der Waals surface area contributed by atoms with Gasteiger partial charge in [-0.1, -0.05) is 6.92 Å². The number of hydrogen-bond acceptors (Lipinski definition) is 5. The molecule has 0 unspecified atom stereocenters. The summed E-state index contributed by atoms with van der Waals surface area (Å²) >= 11 is 0. The Kier molecular flexibility index (Phi) is 3.63. The average molecular weight is 361 g/mol. The summed E-state index contributed by atoms with van der Waals surface area (Å²) < 4.78 is 2.15. The number of H-pyrrole nitrogens is 1. The number of aromatic amines is 1. The van der Waals surface area contributed by atoms with Crippen molar-refractivity contribution in [1.82, 2.24) is 34.2 Å². The standard InChI is InChI=1S/C19H19N7O/c1-12-3-7-25(19(27)15-10-20-5-6-21-15)11-14(12)18-24-9-13-8-23-17-16(26(13)18)2-4-22-17/h2,4-6,8-10,12,14,22H,3,7,11H2,1H3/t12-,14+/m1/s1. The second-order valence-corrected chi connectivity index (χ2v) is 7.06. The van der Waals surface area contributed by atoms with Crippen molar-refractivity contribution in [3.63, 3.8) is 0 Å². The molecular weight excluding hydrogens is 342 g/mol. The van der Waals surface area contributed by atoms with E-state index in [-0.39, 0.29) is 11.8 Å². The van der Waals surface area contributed by atoms with Gasteiger partial charge < -0.3 is 9.88 Å². The predicted octanol–water partition coefficient (Wildman–Crippen LogP) is 2.27. The number of likely N-dealkylation sites (tertiary alicyclic amines) is 1. The number of rotatable bonds is 2. The molecule has 4 aromatic rings. The first kappa shape index (κ1) is 15.9. The van der Waals surface area contributed by atoms with E-state index < -0.39 is 0 Å². The fraction of sp³-hybridized carbons (Fsp3) is 0.316. The van der Waals surface area contributed by atoms with Crippen LogP contribution in [0.1, 0.15) is 35.6 Å². The second kappa shape index (κ2) is 6.15. The number of piperidine rings is 1. The molecule has 1 fully saturated rings. The third-order valence-corrected chi connectivity index (χ3v) is 5.45. The number of amides is 1. The Labute approximate surface area is 155 Å². The van der Waals surface area contributed by atoms with Gasteiger partial charge in [0, 0.05) is 37.6 Å². The normalized spacial score (nSPS) is 20.4. The predicted molar refractivity (Wildman–Crippen MR) is 99.3 cm³/mol. The average Bonchev–Trinajstić information content (AvgIpc) is 3.35. The zero-order chi connectivity index (χ0) is 18.4.